The minimum atomic E-state index is -0.452. The van der Waals surface area contributed by atoms with Gasteiger partial charge in [-0.25, -0.2) is 4.79 Å². The van der Waals surface area contributed by atoms with Crippen molar-refractivity contribution >= 4 is 17.6 Å². The zero-order valence-electron chi connectivity index (χ0n) is 12.1. The van der Waals surface area contributed by atoms with Gasteiger partial charge in [0.15, 0.2) is 0 Å². The SMILES string of the molecule is CC[C@H](C)[C@H]1C(=O)Nc2ccccc2CN1C(=O)NC. The first-order valence-corrected chi connectivity index (χ1v) is 6.95. The second-order valence-corrected chi connectivity index (χ2v) is 5.16. The fourth-order valence-electron chi connectivity index (χ4n) is 2.54. The fraction of sp³-hybridized carbons (Fsp3) is 0.467. The van der Waals surface area contributed by atoms with Gasteiger partial charge >= 0.3 is 6.03 Å². The zero-order chi connectivity index (χ0) is 14.7. The van der Waals surface area contributed by atoms with Crippen LogP contribution in [0.2, 0.25) is 0 Å². The van der Waals surface area contributed by atoms with Gasteiger partial charge in [-0.2, -0.15) is 0 Å². The third-order valence-corrected chi connectivity index (χ3v) is 3.88. The second-order valence-electron chi connectivity index (χ2n) is 5.16. The molecule has 0 spiro atoms. The summed E-state index contributed by atoms with van der Waals surface area (Å²) in [6.07, 6.45) is 0.835. The van der Waals surface area contributed by atoms with Crippen LogP contribution in [0.4, 0.5) is 10.5 Å². The standard InChI is InChI=1S/C15H21N3O2/c1-4-10(2)13-14(19)17-12-8-6-5-7-11(12)9-18(13)15(20)16-3/h5-8,10,13H,4,9H2,1-3H3,(H,16,20)(H,17,19)/t10-,13-/m0/s1. The number of fused-ring (bicyclic) bond motifs is 1. The Balaban J connectivity index is 2.42. The number of urea groups is 1. The predicted molar refractivity (Wildman–Crippen MR) is 78.3 cm³/mol. The summed E-state index contributed by atoms with van der Waals surface area (Å²) in [6, 6.07) is 6.93. The quantitative estimate of drug-likeness (QED) is 0.869. The van der Waals surface area contributed by atoms with E-state index < -0.39 is 6.04 Å². The van der Waals surface area contributed by atoms with Crippen LogP contribution < -0.4 is 10.6 Å². The van der Waals surface area contributed by atoms with Gasteiger partial charge in [0.25, 0.3) is 0 Å². The molecule has 1 aromatic rings. The molecule has 3 amide bonds. The highest BCUT2D eigenvalue weighted by Crippen LogP contribution is 2.26. The minimum Gasteiger partial charge on any atom is -0.341 e. The van der Waals surface area contributed by atoms with Crippen molar-refractivity contribution in [1.82, 2.24) is 10.2 Å². The molecule has 20 heavy (non-hydrogen) atoms. The number of rotatable bonds is 2. The van der Waals surface area contributed by atoms with E-state index in [1.165, 1.54) is 0 Å². The molecule has 1 aliphatic rings. The highest BCUT2D eigenvalue weighted by Gasteiger charge is 2.36. The van der Waals surface area contributed by atoms with Crippen LogP contribution in [-0.4, -0.2) is 29.9 Å². The van der Waals surface area contributed by atoms with Crippen LogP contribution in [0.5, 0.6) is 0 Å². The van der Waals surface area contributed by atoms with Gasteiger partial charge in [0.05, 0.1) is 6.54 Å². The molecule has 1 aliphatic heterocycles. The van der Waals surface area contributed by atoms with Crippen molar-refractivity contribution in [1.29, 1.82) is 0 Å². The van der Waals surface area contributed by atoms with Gasteiger partial charge in [-0.1, -0.05) is 38.5 Å². The average Bonchev–Trinajstić information content (AvgIpc) is 2.61. The Morgan fingerprint density at radius 2 is 2.20 bits per heavy atom. The molecule has 2 N–H and O–H groups in total. The number of benzene rings is 1. The Hall–Kier alpha value is -2.04. The number of hydrogen-bond donors (Lipinski definition) is 2. The van der Waals surface area contributed by atoms with Crippen molar-refractivity contribution in [2.45, 2.75) is 32.9 Å². The van der Waals surface area contributed by atoms with E-state index >= 15 is 0 Å². The lowest BCUT2D eigenvalue weighted by Crippen LogP contribution is -2.51. The largest absolute Gasteiger partial charge is 0.341 e. The summed E-state index contributed by atoms with van der Waals surface area (Å²) in [6.45, 7) is 4.46. The molecule has 2 rings (SSSR count). The van der Waals surface area contributed by atoms with E-state index in [4.69, 9.17) is 0 Å². The number of hydrogen-bond acceptors (Lipinski definition) is 2. The molecule has 108 valence electrons. The van der Waals surface area contributed by atoms with Gasteiger partial charge in [-0.3, -0.25) is 4.79 Å². The molecule has 0 radical (unpaired) electrons. The summed E-state index contributed by atoms with van der Waals surface area (Å²) in [5, 5.41) is 5.57. The van der Waals surface area contributed by atoms with Crippen molar-refractivity contribution < 1.29 is 9.59 Å². The van der Waals surface area contributed by atoms with Gasteiger partial charge in [0.2, 0.25) is 5.91 Å². The van der Waals surface area contributed by atoms with E-state index in [9.17, 15) is 9.59 Å². The van der Waals surface area contributed by atoms with Crippen LogP contribution in [-0.2, 0) is 11.3 Å². The molecule has 0 aliphatic carbocycles. The first kappa shape index (κ1) is 14.4. The van der Waals surface area contributed by atoms with Crippen LogP contribution in [0.25, 0.3) is 0 Å². The van der Waals surface area contributed by atoms with Crippen LogP contribution in [0.3, 0.4) is 0 Å². The number of para-hydroxylation sites is 1. The highest BCUT2D eigenvalue weighted by atomic mass is 16.2. The Labute approximate surface area is 119 Å². The van der Waals surface area contributed by atoms with E-state index in [1.54, 1.807) is 11.9 Å². The molecular weight excluding hydrogens is 254 g/mol. The van der Waals surface area contributed by atoms with Crippen LogP contribution in [0.15, 0.2) is 24.3 Å². The van der Waals surface area contributed by atoms with Crippen LogP contribution >= 0.6 is 0 Å². The summed E-state index contributed by atoms with van der Waals surface area (Å²) < 4.78 is 0. The molecule has 0 aromatic heterocycles. The smallest absolute Gasteiger partial charge is 0.318 e. The molecule has 2 atom stereocenters. The van der Waals surface area contributed by atoms with E-state index in [2.05, 4.69) is 10.6 Å². The summed E-state index contributed by atoms with van der Waals surface area (Å²) in [4.78, 5) is 26.2. The lowest BCUT2D eigenvalue weighted by Gasteiger charge is -2.31. The summed E-state index contributed by atoms with van der Waals surface area (Å²) in [7, 11) is 1.59. The first-order chi connectivity index (χ1) is 9.58. The van der Waals surface area contributed by atoms with E-state index in [-0.39, 0.29) is 17.9 Å². The molecule has 5 heteroatoms. The summed E-state index contributed by atoms with van der Waals surface area (Å²) in [5.41, 5.74) is 1.74. The lowest BCUT2D eigenvalue weighted by atomic mass is 9.97. The van der Waals surface area contributed by atoms with Crippen molar-refractivity contribution in [2.75, 3.05) is 12.4 Å². The number of amides is 3. The second kappa shape index (κ2) is 5.94. The molecule has 0 unspecified atom stereocenters. The van der Waals surface area contributed by atoms with Crippen molar-refractivity contribution in [3.63, 3.8) is 0 Å². The topological polar surface area (TPSA) is 61.4 Å². The van der Waals surface area contributed by atoms with E-state index in [1.807, 2.05) is 38.1 Å². The minimum absolute atomic E-state index is 0.0987. The molecule has 1 aromatic carbocycles. The molecule has 1 heterocycles. The van der Waals surface area contributed by atoms with Crippen molar-refractivity contribution in [2.24, 2.45) is 5.92 Å². The molecular formula is C15H21N3O2. The van der Waals surface area contributed by atoms with Crippen molar-refractivity contribution in [3.8, 4) is 0 Å². The Morgan fingerprint density at radius 1 is 1.50 bits per heavy atom. The Bertz CT molecular complexity index is 516. The van der Waals surface area contributed by atoms with Gasteiger partial charge in [0, 0.05) is 12.7 Å². The monoisotopic (exact) mass is 275 g/mol. The first-order valence-electron chi connectivity index (χ1n) is 6.95. The number of nitrogens with one attached hydrogen (secondary N) is 2. The zero-order valence-corrected chi connectivity index (χ0v) is 12.1. The van der Waals surface area contributed by atoms with E-state index in [0.717, 1.165) is 17.7 Å². The number of carbonyl (C=O) groups excluding carboxylic acids is 2. The summed E-state index contributed by atoms with van der Waals surface area (Å²) in [5.74, 6) is -0.0190. The van der Waals surface area contributed by atoms with Gasteiger partial charge in [-0.05, 0) is 17.5 Å². The Morgan fingerprint density at radius 3 is 2.85 bits per heavy atom. The van der Waals surface area contributed by atoms with Crippen LogP contribution in [0.1, 0.15) is 25.8 Å². The summed E-state index contributed by atoms with van der Waals surface area (Å²) >= 11 is 0. The van der Waals surface area contributed by atoms with Gasteiger partial charge in [-0.15, -0.1) is 0 Å². The third kappa shape index (κ3) is 2.61. The molecule has 0 saturated heterocycles. The Kier molecular flexibility index (Phi) is 4.27. The van der Waals surface area contributed by atoms with Gasteiger partial charge < -0.3 is 15.5 Å². The van der Waals surface area contributed by atoms with Gasteiger partial charge in [0.1, 0.15) is 6.04 Å². The van der Waals surface area contributed by atoms with E-state index in [0.29, 0.717) is 6.54 Å². The highest BCUT2D eigenvalue weighted by molar-refractivity contribution is 5.98. The number of carbonyl (C=O) groups is 2. The maximum Gasteiger partial charge on any atom is 0.318 e. The van der Waals surface area contributed by atoms with Crippen molar-refractivity contribution in [3.05, 3.63) is 29.8 Å². The normalized spacial score (nSPS) is 19.6. The number of anilines is 1. The third-order valence-electron chi connectivity index (χ3n) is 3.88. The fourth-order valence-corrected chi connectivity index (χ4v) is 2.54. The maximum atomic E-state index is 12.5. The number of nitrogens with zero attached hydrogens (tertiary/aromatic N) is 1. The molecule has 0 saturated carbocycles. The van der Waals surface area contributed by atoms with Crippen LogP contribution in [0, 0.1) is 5.92 Å². The molecule has 0 fully saturated rings. The molecule has 5 nitrogen and oxygen atoms in total. The maximum absolute atomic E-state index is 12.5. The molecule has 0 bridgehead atoms. The average molecular weight is 275 g/mol. The lowest BCUT2D eigenvalue weighted by molar-refractivity contribution is -0.121. The predicted octanol–water partition coefficient (Wildman–Crippen LogP) is 2.19.